The Balaban J connectivity index is 2.29. The Kier molecular flexibility index (Phi) is 5.19. The minimum atomic E-state index is -1.10. The molecule has 120 valence electrons. The van der Waals surface area contributed by atoms with Crippen molar-refractivity contribution >= 4 is 17.7 Å². The number of benzene rings is 2. The normalized spacial score (nSPS) is 10.0. The Bertz CT molecular complexity index is 714. The predicted octanol–water partition coefficient (Wildman–Crippen LogP) is 3.17. The van der Waals surface area contributed by atoms with Crippen LogP contribution in [0, 0.1) is 0 Å². The molecule has 0 atom stereocenters. The van der Waals surface area contributed by atoms with E-state index in [1.807, 2.05) is 0 Å². The van der Waals surface area contributed by atoms with Crippen LogP contribution in [-0.2, 0) is 11.3 Å². The van der Waals surface area contributed by atoms with E-state index in [0.717, 1.165) is 0 Å². The van der Waals surface area contributed by atoms with Gasteiger partial charge in [-0.2, -0.15) is 0 Å². The molecule has 0 aromatic heterocycles. The number of rotatable bonds is 5. The van der Waals surface area contributed by atoms with Crippen molar-refractivity contribution in [3.63, 3.8) is 0 Å². The summed E-state index contributed by atoms with van der Waals surface area (Å²) in [6, 6.07) is 13.4. The van der Waals surface area contributed by atoms with E-state index in [4.69, 9.17) is 4.74 Å². The molecule has 0 saturated carbocycles. The maximum absolute atomic E-state index is 11.6. The smallest absolute Gasteiger partial charge is 0.412 e. The largest absolute Gasteiger partial charge is 0.497 e. The first-order valence-corrected chi connectivity index (χ1v) is 6.87. The van der Waals surface area contributed by atoms with Gasteiger partial charge >= 0.3 is 12.1 Å². The predicted molar refractivity (Wildman–Crippen MR) is 85.0 cm³/mol. The second-order valence-corrected chi connectivity index (χ2v) is 4.76. The van der Waals surface area contributed by atoms with E-state index in [1.54, 1.807) is 48.5 Å². The maximum Gasteiger partial charge on any atom is 0.412 e. The third kappa shape index (κ3) is 4.00. The fourth-order valence-electron chi connectivity index (χ4n) is 2.14. The quantitative estimate of drug-likeness (QED) is 0.858. The molecule has 0 aliphatic heterocycles. The summed E-state index contributed by atoms with van der Waals surface area (Å²) in [4.78, 5) is 24.3. The van der Waals surface area contributed by atoms with Crippen molar-refractivity contribution < 1.29 is 24.2 Å². The molecule has 1 N–H and O–H groups in total. The van der Waals surface area contributed by atoms with Gasteiger partial charge in [0.15, 0.2) is 0 Å². The lowest BCUT2D eigenvalue weighted by molar-refractivity contribution is 0.0600. The molecule has 0 saturated heterocycles. The third-order valence-corrected chi connectivity index (χ3v) is 3.28. The summed E-state index contributed by atoms with van der Waals surface area (Å²) in [6.45, 7) is 0.104. The average molecular weight is 315 g/mol. The van der Waals surface area contributed by atoms with Crippen LogP contribution in [0.4, 0.5) is 10.5 Å². The van der Waals surface area contributed by atoms with E-state index in [0.29, 0.717) is 22.6 Å². The highest BCUT2D eigenvalue weighted by Crippen LogP contribution is 2.23. The summed E-state index contributed by atoms with van der Waals surface area (Å²) in [7, 11) is 2.82. The molecule has 0 radical (unpaired) electrons. The first-order chi connectivity index (χ1) is 11.0. The second-order valence-electron chi connectivity index (χ2n) is 4.76. The number of anilines is 1. The van der Waals surface area contributed by atoms with E-state index in [9.17, 15) is 14.7 Å². The zero-order chi connectivity index (χ0) is 16.8. The molecule has 0 spiro atoms. The number of amides is 1. The van der Waals surface area contributed by atoms with Crippen molar-refractivity contribution in [3.05, 3.63) is 59.7 Å². The topological polar surface area (TPSA) is 76.1 Å². The lowest BCUT2D eigenvalue weighted by atomic mass is 10.1. The van der Waals surface area contributed by atoms with Gasteiger partial charge in [-0.05, 0) is 29.8 Å². The lowest BCUT2D eigenvalue weighted by Gasteiger charge is -2.20. The van der Waals surface area contributed by atoms with Crippen molar-refractivity contribution in [2.24, 2.45) is 0 Å². The van der Waals surface area contributed by atoms with E-state index in [1.165, 1.54) is 19.1 Å². The number of carboxylic acid groups (broad SMARTS) is 1. The van der Waals surface area contributed by atoms with Crippen LogP contribution in [-0.4, -0.2) is 31.4 Å². The molecule has 0 aliphatic rings. The highest BCUT2D eigenvalue weighted by atomic mass is 16.5. The van der Waals surface area contributed by atoms with Gasteiger partial charge in [0.1, 0.15) is 5.75 Å². The molecule has 2 aromatic carbocycles. The van der Waals surface area contributed by atoms with Crippen LogP contribution < -0.4 is 9.64 Å². The molecule has 2 rings (SSSR count). The minimum Gasteiger partial charge on any atom is -0.497 e. The van der Waals surface area contributed by atoms with Crippen molar-refractivity contribution in [2.75, 3.05) is 19.1 Å². The van der Waals surface area contributed by atoms with Gasteiger partial charge in [-0.15, -0.1) is 0 Å². The minimum absolute atomic E-state index is 0.104. The van der Waals surface area contributed by atoms with Crippen molar-refractivity contribution in [3.8, 4) is 5.75 Å². The SMILES string of the molecule is COC(=O)c1cccc(CN(C(=O)O)c2cccc(OC)c2)c1. The standard InChI is InChI=1S/C17H17NO5/c1-22-15-8-4-7-14(10-15)18(17(20)21)11-12-5-3-6-13(9-12)16(19)23-2/h3-10H,11H2,1-2H3,(H,20,21). The summed E-state index contributed by atoms with van der Waals surface area (Å²) < 4.78 is 9.79. The summed E-state index contributed by atoms with van der Waals surface area (Å²) >= 11 is 0. The molecule has 1 amide bonds. The van der Waals surface area contributed by atoms with Gasteiger partial charge in [0, 0.05) is 6.07 Å². The number of ether oxygens (including phenoxy) is 2. The number of methoxy groups -OCH3 is 2. The molecule has 6 heteroatoms. The first-order valence-electron chi connectivity index (χ1n) is 6.87. The molecular weight excluding hydrogens is 298 g/mol. The molecule has 0 heterocycles. The highest BCUT2D eigenvalue weighted by Gasteiger charge is 2.16. The molecule has 0 fully saturated rings. The molecule has 2 aromatic rings. The maximum atomic E-state index is 11.6. The third-order valence-electron chi connectivity index (χ3n) is 3.28. The number of carbonyl (C=O) groups excluding carboxylic acids is 1. The number of hydrogen-bond acceptors (Lipinski definition) is 4. The Morgan fingerprint density at radius 3 is 2.48 bits per heavy atom. The number of nitrogens with zero attached hydrogens (tertiary/aromatic N) is 1. The van der Waals surface area contributed by atoms with Crippen LogP contribution in [0.2, 0.25) is 0 Å². The first kappa shape index (κ1) is 16.4. The van der Waals surface area contributed by atoms with Crippen LogP contribution in [0.5, 0.6) is 5.75 Å². The van der Waals surface area contributed by atoms with Crippen LogP contribution in [0.25, 0.3) is 0 Å². The lowest BCUT2D eigenvalue weighted by Crippen LogP contribution is -2.28. The van der Waals surface area contributed by atoms with Crippen LogP contribution in [0.1, 0.15) is 15.9 Å². The van der Waals surface area contributed by atoms with Gasteiger partial charge in [0.2, 0.25) is 0 Å². The zero-order valence-corrected chi connectivity index (χ0v) is 12.9. The summed E-state index contributed by atoms with van der Waals surface area (Å²) in [6.07, 6.45) is -1.10. The fourth-order valence-corrected chi connectivity index (χ4v) is 2.14. The van der Waals surface area contributed by atoms with Gasteiger partial charge in [-0.3, -0.25) is 4.90 Å². The fraction of sp³-hybridized carbons (Fsp3) is 0.176. The van der Waals surface area contributed by atoms with Crippen LogP contribution in [0.3, 0.4) is 0 Å². The second kappa shape index (κ2) is 7.31. The van der Waals surface area contributed by atoms with Crippen molar-refractivity contribution in [1.29, 1.82) is 0 Å². The molecule has 6 nitrogen and oxygen atoms in total. The number of carbonyl (C=O) groups is 2. The summed E-state index contributed by atoms with van der Waals surface area (Å²) in [5.74, 6) is 0.104. The van der Waals surface area contributed by atoms with Gasteiger partial charge in [0.25, 0.3) is 0 Å². The molecular formula is C17H17NO5. The summed E-state index contributed by atoms with van der Waals surface area (Å²) in [5.41, 5.74) is 1.54. The molecule has 0 unspecified atom stereocenters. The number of hydrogen-bond donors (Lipinski definition) is 1. The zero-order valence-electron chi connectivity index (χ0n) is 12.9. The van der Waals surface area contributed by atoms with Gasteiger partial charge in [0.05, 0.1) is 32.0 Å². The monoisotopic (exact) mass is 315 g/mol. The summed E-state index contributed by atoms with van der Waals surface area (Å²) in [5, 5.41) is 9.47. The Hall–Kier alpha value is -3.02. The molecule has 0 aliphatic carbocycles. The van der Waals surface area contributed by atoms with E-state index in [2.05, 4.69) is 4.74 Å². The van der Waals surface area contributed by atoms with E-state index < -0.39 is 12.1 Å². The van der Waals surface area contributed by atoms with Gasteiger partial charge in [-0.25, -0.2) is 9.59 Å². The van der Waals surface area contributed by atoms with E-state index in [-0.39, 0.29) is 6.54 Å². The number of esters is 1. The van der Waals surface area contributed by atoms with Gasteiger partial charge < -0.3 is 14.6 Å². The van der Waals surface area contributed by atoms with Gasteiger partial charge in [-0.1, -0.05) is 18.2 Å². The molecule has 0 bridgehead atoms. The highest BCUT2D eigenvalue weighted by molar-refractivity contribution is 5.90. The van der Waals surface area contributed by atoms with Crippen LogP contribution >= 0.6 is 0 Å². The van der Waals surface area contributed by atoms with Crippen molar-refractivity contribution in [2.45, 2.75) is 6.54 Å². The molecule has 23 heavy (non-hydrogen) atoms. The average Bonchev–Trinajstić information content (AvgIpc) is 2.59. The Morgan fingerprint density at radius 2 is 1.83 bits per heavy atom. The Morgan fingerprint density at radius 1 is 1.09 bits per heavy atom. The van der Waals surface area contributed by atoms with Crippen molar-refractivity contribution in [1.82, 2.24) is 0 Å². The Labute approximate surface area is 133 Å². The van der Waals surface area contributed by atoms with E-state index >= 15 is 0 Å². The van der Waals surface area contributed by atoms with Crippen LogP contribution in [0.15, 0.2) is 48.5 Å².